The Labute approximate surface area is 147 Å². The molecule has 1 aromatic carbocycles. The van der Waals surface area contributed by atoms with Crippen LogP contribution >= 0.6 is 0 Å². The van der Waals surface area contributed by atoms with E-state index >= 15 is 0 Å². The van der Waals surface area contributed by atoms with Crippen LogP contribution in [0.4, 0.5) is 4.79 Å². The molecular formula is C18H23N5O2. The van der Waals surface area contributed by atoms with Gasteiger partial charge in [0, 0.05) is 45.1 Å². The Morgan fingerprint density at radius 1 is 1.28 bits per heavy atom. The second-order valence-corrected chi connectivity index (χ2v) is 6.44. The van der Waals surface area contributed by atoms with Gasteiger partial charge in [0.1, 0.15) is 6.54 Å². The molecule has 7 heteroatoms. The zero-order valence-electron chi connectivity index (χ0n) is 14.6. The van der Waals surface area contributed by atoms with E-state index in [1.54, 1.807) is 29.4 Å². The minimum Gasteiger partial charge on any atom is -0.340 e. The predicted octanol–water partition coefficient (Wildman–Crippen LogP) is 1.30. The molecule has 1 aliphatic heterocycles. The Morgan fingerprint density at radius 3 is 2.64 bits per heavy atom. The summed E-state index contributed by atoms with van der Waals surface area (Å²) in [6, 6.07) is 7.94. The Bertz CT molecular complexity index is 726. The van der Waals surface area contributed by atoms with Crippen LogP contribution in [0.2, 0.25) is 0 Å². The van der Waals surface area contributed by atoms with E-state index in [0.717, 1.165) is 12.1 Å². The number of piperazine rings is 1. The molecule has 3 rings (SSSR count). The monoisotopic (exact) mass is 341 g/mol. The van der Waals surface area contributed by atoms with Crippen LogP contribution in [0, 0.1) is 0 Å². The van der Waals surface area contributed by atoms with E-state index in [1.165, 1.54) is 5.56 Å². The van der Waals surface area contributed by atoms with E-state index in [4.69, 9.17) is 0 Å². The first-order valence-corrected chi connectivity index (χ1v) is 8.35. The van der Waals surface area contributed by atoms with Gasteiger partial charge in [-0.15, -0.1) is 0 Å². The average Bonchev–Trinajstić information content (AvgIpc) is 3.11. The first kappa shape index (κ1) is 17.0. The minimum atomic E-state index is -0.198. The predicted molar refractivity (Wildman–Crippen MR) is 93.8 cm³/mol. The topological polar surface area (TPSA) is 70.5 Å². The molecule has 1 saturated heterocycles. The molecule has 0 saturated carbocycles. The number of amides is 3. The van der Waals surface area contributed by atoms with Crippen molar-refractivity contribution in [3.05, 3.63) is 54.1 Å². The first-order chi connectivity index (χ1) is 12.0. The summed E-state index contributed by atoms with van der Waals surface area (Å²) in [4.78, 5) is 31.4. The highest BCUT2D eigenvalue weighted by Gasteiger charge is 2.29. The van der Waals surface area contributed by atoms with Crippen LogP contribution < -0.4 is 5.32 Å². The molecule has 3 amide bonds. The summed E-state index contributed by atoms with van der Waals surface area (Å²) in [5.74, 6) is -0.0299. The van der Waals surface area contributed by atoms with Gasteiger partial charge in [0.25, 0.3) is 0 Å². The van der Waals surface area contributed by atoms with E-state index in [9.17, 15) is 9.59 Å². The number of carbonyl (C=O) groups is 2. The van der Waals surface area contributed by atoms with Gasteiger partial charge in [-0.1, -0.05) is 24.3 Å². The SMILES string of the molecule is C[C@@H]1CN(C(=O)NCc2ccc(Cn3ccnc3)cc2)CC(=O)N1C. The molecule has 132 valence electrons. The number of urea groups is 1. The van der Waals surface area contributed by atoms with Crippen molar-refractivity contribution in [2.75, 3.05) is 20.1 Å². The third-order valence-corrected chi connectivity index (χ3v) is 4.54. The van der Waals surface area contributed by atoms with E-state index in [0.29, 0.717) is 13.1 Å². The number of nitrogens with zero attached hydrogens (tertiary/aromatic N) is 4. The summed E-state index contributed by atoms with van der Waals surface area (Å²) < 4.78 is 2.00. The van der Waals surface area contributed by atoms with Gasteiger partial charge >= 0.3 is 6.03 Å². The fraction of sp³-hybridized carbons (Fsp3) is 0.389. The van der Waals surface area contributed by atoms with E-state index in [-0.39, 0.29) is 24.5 Å². The molecular weight excluding hydrogens is 318 g/mol. The second kappa shape index (κ2) is 7.38. The normalized spacial score (nSPS) is 17.7. The molecule has 2 heterocycles. The van der Waals surface area contributed by atoms with Crippen molar-refractivity contribution < 1.29 is 9.59 Å². The average molecular weight is 341 g/mol. The van der Waals surface area contributed by atoms with E-state index < -0.39 is 0 Å². The maximum Gasteiger partial charge on any atom is 0.318 e. The first-order valence-electron chi connectivity index (χ1n) is 8.35. The number of likely N-dealkylation sites (N-methyl/N-ethyl adjacent to an activating group) is 1. The molecule has 1 aromatic heterocycles. The largest absolute Gasteiger partial charge is 0.340 e. The summed E-state index contributed by atoms with van der Waals surface area (Å²) in [6.07, 6.45) is 5.47. The standard InChI is InChI=1S/C18H23N5O2/c1-14-10-23(12-17(24)21(14)2)18(25)20-9-15-3-5-16(6-4-15)11-22-8-7-19-13-22/h3-8,13-14H,9-12H2,1-2H3,(H,20,25)/t14-/m1/s1. The van der Waals surface area contributed by atoms with Crippen molar-refractivity contribution in [3.63, 3.8) is 0 Å². The van der Waals surface area contributed by atoms with Crippen LogP contribution in [-0.2, 0) is 17.9 Å². The molecule has 1 aliphatic rings. The number of aromatic nitrogens is 2. The van der Waals surface area contributed by atoms with Crippen LogP contribution in [0.1, 0.15) is 18.1 Å². The smallest absolute Gasteiger partial charge is 0.318 e. The molecule has 25 heavy (non-hydrogen) atoms. The lowest BCUT2D eigenvalue weighted by Gasteiger charge is -2.37. The molecule has 1 atom stereocenters. The molecule has 1 N–H and O–H groups in total. The lowest BCUT2D eigenvalue weighted by atomic mass is 10.1. The van der Waals surface area contributed by atoms with Crippen molar-refractivity contribution in [2.45, 2.75) is 26.1 Å². The number of nitrogens with one attached hydrogen (secondary N) is 1. The van der Waals surface area contributed by atoms with Crippen molar-refractivity contribution in [1.82, 2.24) is 24.7 Å². The van der Waals surface area contributed by atoms with Gasteiger partial charge in [-0.3, -0.25) is 4.79 Å². The fourth-order valence-corrected chi connectivity index (χ4v) is 2.82. The number of imidazole rings is 1. The summed E-state index contributed by atoms with van der Waals surface area (Å²) in [5.41, 5.74) is 2.20. The summed E-state index contributed by atoms with van der Waals surface area (Å²) >= 11 is 0. The molecule has 0 spiro atoms. The Morgan fingerprint density at radius 2 is 2.00 bits per heavy atom. The second-order valence-electron chi connectivity index (χ2n) is 6.44. The van der Waals surface area contributed by atoms with Crippen molar-refractivity contribution in [2.24, 2.45) is 0 Å². The molecule has 0 bridgehead atoms. The van der Waals surface area contributed by atoms with Gasteiger partial charge in [0.05, 0.1) is 6.33 Å². The van der Waals surface area contributed by atoms with Crippen LogP contribution in [0.3, 0.4) is 0 Å². The van der Waals surface area contributed by atoms with E-state index in [1.807, 2.05) is 42.0 Å². The molecule has 1 fully saturated rings. The third-order valence-electron chi connectivity index (χ3n) is 4.54. The third kappa shape index (κ3) is 4.17. The highest BCUT2D eigenvalue weighted by Crippen LogP contribution is 2.10. The van der Waals surface area contributed by atoms with Crippen molar-refractivity contribution >= 4 is 11.9 Å². The fourth-order valence-electron chi connectivity index (χ4n) is 2.82. The van der Waals surface area contributed by atoms with Crippen molar-refractivity contribution in [1.29, 1.82) is 0 Å². The van der Waals surface area contributed by atoms with Crippen molar-refractivity contribution in [3.8, 4) is 0 Å². The summed E-state index contributed by atoms with van der Waals surface area (Å²) in [7, 11) is 1.77. The zero-order valence-corrected chi connectivity index (χ0v) is 14.6. The lowest BCUT2D eigenvalue weighted by Crippen LogP contribution is -2.57. The van der Waals surface area contributed by atoms with Crippen LogP contribution in [0.25, 0.3) is 0 Å². The van der Waals surface area contributed by atoms with Crippen LogP contribution in [0.15, 0.2) is 43.0 Å². The zero-order chi connectivity index (χ0) is 17.8. The quantitative estimate of drug-likeness (QED) is 0.911. The van der Waals surface area contributed by atoms with Gasteiger partial charge in [-0.25, -0.2) is 9.78 Å². The number of carbonyl (C=O) groups excluding carboxylic acids is 2. The maximum absolute atomic E-state index is 12.3. The number of hydrogen-bond acceptors (Lipinski definition) is 3. The number of benzene rings is 1. The Hall–Kier alpha value is -2.83. The van der Waals surface area contributed by atoms with Gasteiger partial charge < -0.3 is 19.7 Å². The number of hydrogen-bond donors (Lipinski definition) is 1. The minimum absolute atomic E-state index is 0.0299. The summed E-state index contributed by atoms with van der Waals surface area (Å²) in [6.45, 7) is 3.85. The van der Waals surface area contributed by atoms with Gasteiger partial charge in [-0.2, -0.15) is 0 Å². The van der Waals surface area contributed by atoms with Gasteiger partial charge in [0.2, 0.25) is 5.91 Å². The molecule has 7 nitrogen and oxygen atoms in total. The molecule has 0 unspecified atom stereocenters. The highest BCUT2D eigenvalue weighted by molar-refractivity contribution is 5.85. The van der Waals surface area contributed by atoms with E-state index in [2.05, 4.69) is 10.3 Å². The molecule has 0 radical (unpaired) electrons. The highest BCUT2D eigenvalue weighted by atomic mass is 16.2. The Kier molecular flexibility index (Phi) is 5.02. The van der Waals surface area contributed by atoms with Crippen LogP contribution in [0.5, 0.6) is 0 Å². The molecule has 0 aliphatic carbocycles. The van der Waals surface area contributed by atoms with Gasteiger partial charge in [-0.05, 0) is 18.1 Å². The van der Waals surface area contributed by atoms with Crippen LogP contribution in [-0.4, -0.2) is 57.5 Å². The Balaban J connectivity index is 1.51. The van der Waals surface area contributed by atoms with Gasteiger partial charge in [0.15, 0.2) is 0 Å². The summed E-state index contributed by atoms with van der Waals surface area (Å²) in [5, 5.41) is 2.89. The number of rotatable bonds is 4. The lowest BCUT2D eigenvalue weighted by molar-refractivity contribution is -0.135. The molecule has 2 aromatic rings. The maximum atomic E-state index is 12.3.